The number of carboxylic acid groups (broad SMARTS) is 1. The van der Waals surface area contributed by atoms with E-state index in [-0.39, 0.29) is 25.1 Å². The summed E-state index contributed by atoms with van der Waals surface area (Å²) in [5, 5.41) is 9.02. The van der Waals surface area contributed by atoms with E-state index in [1.54, 1.807) is 6.08 Å². The lowest BCUT2D eigenvalue weighted by Crippen LogP contribution is -2.48. The number of hydrogen-bond donors (Lipinski definition) is 2. The van der Waals surface area contributed by atoms with Gasteiger partial charge in [-0.2, -0.15) is 12.7 Å². The summed E-state index contributed by atoms with van der Waals surface area (Å²) < 4.78 is 33.8. The smallest absolute Gasteiger partial charge is 0.307 e. The first kappa shape index (κ1) is 16.4. The van der Waals surface area contributed by atoms with Crippen molar-refractivity contribution < 1.29 is 23.1 Å². The van der Waals surface area contributed by atoms with E-state index in [2.05, 4.69) is 11.3 Å². The second kappa shape index (κ2) is 6.87. The lowest BCUT2D eigenvalue weighted by atomic mass is 10.0. The number of rotatable bonds is 6. The molecule has 2 fully saturated rings. The zero-order chi connectivity index (χ0) is 15.5. The third-order valence-electron chi connectivity index (χ3n) is 4.10. The van der Waals surface area contributed by atoms with Crippen LogP contribution >= 0.6 is 0 Å². The van der Waals surface area contributed by atoms with E-state index in [0.717, 1.165) is 6.42 Å². The van der Waals surface area contributed by atoms with E-state index >= 15 is 0 Å². The average molecular weight is 318 g/mol. The Kier molecular flexibility index (Phi) is 5.37. The molecule has 8 heteroatoms. The molecule has 0 amide bonds. The molecule has 2 heterocycles. The Morgan fingerprint density at radius 2 is 2.24 bits per heavy atom. The molecular formula is C13H22N2O5S. The molecule has 2 saturated heterocycles. The Balaban J connectivity index is 1.92. The molecule has 2 N–H and O–H groups in total. The van der Waals surface area contributed by atoms with Gasteiger partial charge in [-0.15, -0.1) is 6.58 Å². The minimum Gasteiger partial charge on any atom is -0.481 e. The fourth-order valence-electron chi connectivity index (χ4n) is 2.80. The van der Waals surface area contributed by atoms with Crippen LogP contribution in [0.2, 0.25) is 0 Å². The summed E-state index contributed by atoms with van der Waals surface area (Å²) in [5.41, 5.74) is 0. The van der Waals surface area contributed by atoms with Crippen molar-refractivity contribution in [2.45, 2.75) is 25.4 Å². The Labute approximate surface area is 125 Å². The van der Waals surface area contributed by atoms with Gasteiger partial charge in [0, 0.05) is 32.2 Å². The van der Waals surface area contributed by atoms with Gasteiger partial charge >= 0.3 is 5.97 Å². The van der Waals surface area contributed by atoms with E-state index in [9.17, 15) is 13.2 Å². The summed E-state index contributed by atoms with van der Waals surface area (Å²) in [4.78, 5) is 11.0. The summed E-state index contributed by atoms with van der Waals surface area (Å²) in [5.74, 6) is -1.48. The van der Waals surface area contributed by atoms with Gasteiger partial charge in [-0.3, -0.25) is 4.79 Å². The average Bonchev–Trinajstić information content (AvgIpc) is 2.93. The lowest BCUT2D eigenvalue weighted by molar-refractivity contribution is -0.142. The minimum atomic E-state index is -3.64. The molecule has 21 heavy (non-hydrogen) atoms. The number of aliphatic carboxylic acids is 1. The molecule has 2 rings (SSSR count). The SMILES string of the molecule is C=C[C@@H]1OCC[C@H]1CNS(=O)(=O)N1CCCC(C(=O)O)C1. The lowest BCUT2D eigenvalue weighted by Gasteiger charge is -2.30. The normalized spacial score (nSPS) is 31.1. The van der Waals surface area contributed by atoms with Crippen molar-refractivity contribution in [2.24, 2.45) is 11.8 Å². The second-order valence-corrected chi connectivity index (χ2v) is 7.26. The topological polar surface area (TPSA) is 95.9 Å². The number of nitrogens with zero attached hydrogens (tertiary/aromatic N) is 1. The van der Waals surface area contributed by atoms with Gasteiger partial charge in [-0.25, -0.2) is 4.72 Å². The summed E-state index contributed by atoms with van der Waals surface area (Å²) in [7, 11) is -3.64. The van der Waals surface area contributed by atoms with Gasteiger partial charge in [0.05, 0.1) is 12.0 Å². The van der Waals surface area contributed by atoms with E-state index in [4.69, 9.17) is 9.84 Å². The maximum atomic E-state index is 12.3. The zero-order valence-electron chi connectivity index (χ0n) is 11.9. The molecule has 7 nitrogen and oxygen atoms in total. The number of ether oxygens (including phenoxy) is 1. The van der Waals surface area contributed by atoms with Crippen molar-refractivity contribution in [1.82, 2.24) is 9.03 Å². The molecule has 0 aliphatic carbocycles. The largest absolute Gasteiger partial charge is 0.481 e. The van der Waals surface area contributed by atoms with Crippen LogP contribution in [0.15, 0.2) is 12.7 Å². The van der Waals surface area contributed by atoms with E-state index in [1.165, 1.54) is 4.31 Å². The highest BCUT2D eigenvalue weighted by Crippen LogP contribution is 2.22. The Bertz CT molecular complexity index is 493. The molecule has 0 aromatic rings. The molecule has 0 radical (unpaired) electrons. The predicted octanol–water partition coefficient (Wildman–Crippen LogP) is 0.209. The highest BCUT2D eigenvalue weighted by molar-refractivity contribution is 7.87. The molecule has 2 aliphatic heterocycles. The highest BCUT2D eigenvalue weighted by atomic mass is 32.2. The zero-order valence-corrected chi connectivity index (χ0v) is 12.7. The third kappa shape index (κ3) is 4.03. The van der Waals surface area contributed by atoms with Gasteiger partial charge in [0.15, 0.2) is 0 Å². The molecule has 3 atom stereocenters. The van der Waals surface area contributed by atoms with Gasteiger partial charge in [-0.05, 0) is 19.3 Å². The Morgan fingerprint density at radius 1 is 1.48 bits per heavy atom. The van der Waals surface area contributed by atoms with Crippen molar-refractivity contribution in [2.75, 3.05) is 26.2 Å². The number of hydrogen-bond acceptors (Lipinski definition) is 4. The van der Waals surface area contributed by atoms with Crippen molar-refractivity contribution in [3.63, 3.8) is 0 Å². The van der Waals surface area contributed by atoms with E-state index < -0.39 is 22.1 Å². The fraction of sp³-hybridized carbons (Fsp3) is 0.769. The monoisotopic (exact) mass is 318 g/mol. The maximum Gasteiger partial charge on any atom is 0.307 e. The van der Waals surface area contributed by atoms with Crippen LogP contribution in [-0.2, 0) is 19.7 Å². The predicted molar refractivity (Wildman–Crippen MR) is 76.9 cm³/mol. The highest BCUT2D eigenvalue weighted by Gasteiger charge is 2.33. The molecule has 2 aliphatic rings. The number of piperidine rings is 1. The third-order valence-corrected chi connectivity index (χ3v) is 5.64. The summed E-state index contributed by atoms with van der Waals surface area (Å²) in [6.07, 6.45) is 3.45. The quantitative estimate of drug-likeness (QED) is 0.683. The van der Waals surface area contributed by atoms with Crippen LogP contribution in [0.4, 0.5) is 0 Å². The number of carboxylic acids is 1. The van der Waals surface area contributed by atoms with Crippen molar-refractivity contribution in [3.05, 3.63) is 12.7 Å². The van der Waals surface area contributed by atoms with Crippen LogP contribution in [0.3, 0.4) is 0 Å². The standard InChI is InChI=1S/C13H22N2O5S/c1-2-12-10(5-7-20-12)8-14-21(18,19)15-6-3-4-11(9-15)13(16)17/h2,10-12,14H,1,3-9H2,(H,16,17)/t10-,11?,12-/m0/s1. The van der Waals surface area contributed by atoms with Gasteiger partial charge in [0.25, 0.3) is 10.2 Å². The number of nitrogens with one attached hydrogen (secondary N) is 1. The van der Waals surface area contributed by atoms with Crippen molar-refractivity contribution in [1.29, 1.82) is 0 Å². The van der Waals surface area contributed by atoms with E-state index in [0.29, 0.717) is 26.0 Å². The summed E-state index contributed by atoms with van der Waals surface area (Å²) >= 11 is 0. The van der Waals surface area contributed by atoms with Crippen molar-refractivity contribution >= 4 is 16.2 Å². The second-order valence-electron chi connectivity index (χ2n) is 5.51. The van der Waals surface area contributed by atoms with Gasteiger partial charge in [0.1, 0.15) is 0 Å². The van der Waals surface area contributed by atoms with Crippen LogP contribution in [0.25, 0.3) is 0 Å². The first-order valence-corrected chi connectivity index (χ1v) is 8.59. The molecule has 0 spiro atoms. The van der Waals surface area contributed by atoms with Crippen LogP contribution in [0.5, 0.6) is 0 Å². The Hall–Kier alpha value is -0.960. The van der Waals surface area contributed by atoms with Crippen LogP contribution < -0.4 is 4.72 Å². The maximum absolute atomic E-state index is 12.3. The van der Waals surface area contributed by atoms with E-state index in [1.807, 2.05) is 0 Å². The fourth-order valence-corrected chi connectivity index (χ4v) is 4.15. The summed E-state index contributed by atoms with van der Waals surface area (Å²) in [6, 6.07) is 0. The van der Waals surface area contributed by atoms with Gasteiger partial charge < -0.3 is 9.84 Å². The first-order chi connectivity index (χ1) is 9.94. The van der Waals surface area contributed by atoms with Gasteiger partial charge in [0.2, 0.25) is 0 Å². The summed E-state index contributed by atoms with van der Waals surface area (Å²) in [6.45, 7) is 4.97. The van der Waals surface area contributed by atoms with Crippen LogP contribution in [0.1, 0.15) is 19.3 Å². The van der Waals surface area contributed by atoms with Crippen molar-refractivity contribution in [3.8, 4) is 0 Å². The molecule has 0 bridgehead atoms. The molecular weight excluding hydrogens is 296 g/mol. The van der Waals surface area contributed by atoms with Crippen LogP contribution in [0, 0.1) is 11.8 Å². The molecule has 120 valence electrons. The molecule has 0 saturated carbocycles. The van der Waals surface area contributed by atoms with Gasteiger partial charge in [-0.1, -0.05) is 6.08 Å². The molecule has 0 aromatic carbocycles. The Morgan fingerprint density at radius 3 is 2.90 bits per heavy atom. The first-order valence-electron chi connectivity index (χ1n) is 7.15. The minimum absolute atomic E-state index is 0.0384. The van der Waals surface area contributed by atoms with Crippen LogP contribution in [-0.4, -0.2) is 56.1 Å². The molecule has 1 unspecified atom stereocenters. The number of carbonyl (C=O) groups is 1. The molecule has 0 aromatic heterocycles.